The van der Waals surface area contributed by atoms with E-state index in [2.05, 4.69) is 63.7 Å². The third-order valence-corrected chi connectivity index (χ3v) is 4.21. The van der Waals surface area contributed by atoms with E-state index in [0.29, 0.717) is 0 Å². The average Bonchev–Trinajstić information content (AvgIpc) is 3.13. The molecule has 1 aromatic heterocycles. The van der Waals surface area contributed by atoms with Gasteiger partial charge in [0.15, 0.2) is 0 Å². The number of nitrogens with zero attached hydrogens (tertiary/aromatic N) is 2. The lowest BCUT2D eigenvalue weighted by Gasteiger charge is -1.91. The summed E-state index contributed by atoms with van der Waals surface area (Å²) in [7, 11) is 0. The second-order valence-corrected chi connectivity index (χ2v) is 6.09. The van der Waals surface area contributed by atoms with Gasteiger partial charge in [0.1, 0.15) is 0 Å². The van der Waals surface area contributed by atoms with E-state index in [0.717, 1.165) is 11.4 Å². The zero-order chi connectivity index (χ0) is 18.3. The molecule has 0 bridgehead atoms. The van der Waals surface area contributed by atoms with E-state index in [-0.39, 0.29) is 0 Å². The lowest BCUT2D eigenvalue weighted by Crippen LogP contribution is -1.62. The summed E-state index contributed by atoms with van der Waals surface area (Å²) in [6.45, 7) is 0. The van der Waals surface area contributed by atoms with Crippen molar-refractivity contribution >= 4 is 33.2 Å². The van der Waals surface area contributed by atoms with Crippen molar-refractivity contribution in [3.05, 3.63) is 109 Å². The van der Waals surface area contributed by atoms with Crippen LogP contribution >= 0.6 is 0 Å². The van der Waals surface area contributed by atoms with Crippen LogP contribution in [0.4, 0.5) is 11.4 Å². The molecule has 1 N–H and O–H groups in total. The lowest BCUT2D eigenvalue weighted by atomic mass is 10.2. The number of benzene rings is 4. The SMILES string of the molecule is c1ccc(N=Nc2ccccc2)cc1.c1ccc2c(c1)[nH]c1ccccc12. The fourth-order valence-electron chi connectivity index (χ4n) is 2.90. The normalized spacial score (nSPS) is 10.8. The first-order valence-corrected chi connectivity index (χ1v) is 8.87. The van der Waals surface area contributed by atoms with Crippen molar-refractivity contribution in [2.24, 2.45) is 10.2 Å². The van der Waals surface area contributed by atoms with Gasteiger partial charge >= 0.3 is 0 Å². The highest BCUT2D eigenvalue weighted by molar-refractivity contribution is 6.06. The second kappa shape index (κ2) is 8.11. The maximum atomic E-state index is 4.10. The van der Waals surface area contributed by atoms with Gasteiger partial charge in [0.25, 0.3) is 0 Å². The lowest BCUT2D eigenvalue weighted by molar-refractivity contribution is 1.23. The molecule has 0 saturated carbocycles. The Morgan fingerprint density at radius 3 is 1.22 bits per heavy atom. The van der Waals surface area contributed by atoms with E-state index in [9.17, 15) is 0 Å². The quantitative estimate of drug-likeness (QED) is 0.322. The van der Waals surface area contributed by atoms with E-state index in [4.69, 9.17) is 0 Å². The molecular formula is C24H19N3. The first-order chi connectivity index (χ1) is 13.4. The summed E-state index contributed by atoms with van der Waals surface area (Å²) < 4.78 is 0. The number of nitrogens with one attached hydrogen (secondary N) is 1. The van der Waals surface area contributed by atoms with Gasteiger partial charge in [0, 0.05) is 21.8 Å². The number of azo groups is 1. The Bertz CT molecular complexity index is 1070. The van der Waals surface area contributed by atoms with Gasteiger partial charge in [-0.1, -0.05) is 72.8 Å². The molecule has 3 heteroatoms. The summed E-state index contributed by atoms with van der Waals surface area (Å²) in [5.41, 5.74) is 4.17. The molecule has 0 saturated heterocycles. The highest BCUT2D eigenvalue weighted by Gasteiger charge is 2.00. The Hall–Kier alpha value is -3.72. The van der Waals surface area contributed by atoms with Gasteiger partial charge in [-0.3, -0.25) is 0 Å². The van der Waals surface area contributed by atoms with E-state index in [1.165, 1.54) is 21.8 Å². The highest BCUT2D eigenvalue weighted by atomic mass is 15.1. The smallest absolute Gasteiger partial charge is 0.0857 e. The third kappa shape index (κ3) is 4.10. The monoisotopic (exact) mass is 349 g/mol. The van der Waals surface area contributed by atoms with Gasteiger partial charge in [-0.05, 0) is 36.4 Å². The zero-order valence-electron chi connectivity index (χ0n) is 14.8. The molecular weight excluding hydrogens is 330 g/mol. The van der Waals surface area contributed by atoms with Crippen molar-refractivity contribution < 1.29 is 0 Å². The van der Waals surface area contributed by atoms with Gasteiger partial charge < -0.3 is 4.98 Å². The summed E-state index contributed by atoms with van der Waals surface area (Å²) in [6.07, 6.45) is 0. The van der Waals surface area contributed by atoms with Crippen LogP contribution in [0.5, 0.6) is 0 Å². The van der Waals surface area contributed by atoms with Crippen LogP contribution in [0.15, 0.2) is 119 Å². The molecule has 0 fully saturated rings. The minimum atomic E-state index is 0.872. The van der Waals surface area contributed by atoms with Crippen LogP contribution in [-0.2, 0) is 0 Å². The van der Waals surface area contributed by atoms with E-state index >= 15 is 0 Å². The molecule has 130 valence electrons. The first-order valence-electron chi connectivity index (χ1n) is 8.87. The molecule has 0 aliphatic heterocycles. The number of aromatic nitrogens is 1. The number of hydrogen-bond acceptors (Lipinski definition) is 2. The number of rotatable bonds is 2. The highest BCUT2D eigenvalue weighted by Crippen LogP contribution is 2.24. The topological polar surface area (TPSA) is 40.5 Å². The van der Waals surface area contributed by atoms with Crippen molar-refractivity contribution in [1.82, 2.24) is 4.98 Å². The molecule has 0 spiro atoms. The predicted octanol–water partition coefficient (Wildman–Crippen LogP) is 7.42. The maximum Gasteiger partial charge on any atom is 0.0857 e. The van der Waals surface area contributed by atoms with Crippen molar-refractivity contribution in [3.63, 3.8) is 0 Å². The molecule has 4 aromatic carbocycles. The second-order valence-electron chi connectivity index (χ2n) is 6.09. The summed E-state index contributed by atoms with van der Waals surface area (Å²) in [5, 5.41) is 10.8. The Labute approximate surface area is 158 Å². The molecule has 27 heavy (non-hydrogen) atoms. The Kier molecular flexibility index (Phi) is 5.02. The summed E-state index contributed by atoms with van der Waals surface area (Å²) >= 11 is 0. The summed E-state index contributed by atoms with van der Waals surface area (Å²) in [5.74, 6) is 0. The number of para-hydroxylation sites is 2. The van der Waals surface area contributed by atoms with Crippen molar-refractivity contribution in [1.29, 1.82) is 0 Å². The minimum absolute atomic E-state index is 0.872. The molecule has 5 aromatic rings. The van der Waals surface area contributed by atoms with Crippen LogP contribution < -0.4 is 0 Å². The summed E-state index contributed by atoms with van der Waals surface area (Å²) in [6, 6.07) is 36.1. The van der Waals surface area contributed by atoms with Crippen LogP contribution in [0.1, 0.15) is 0 Å². The van der Waals surface area contributed by atoms with Crippen molar-refractivity contribution in [2.45, 2.75) is 0 Å². The van der Waals surface area contributed by atoms with Gasteiger partial charge in [0.2, 0.25) is 0 Å². The molecule has 0 aliphatic rings. The number of aromatic amines is 1. The summed E-state index contributed by atoms with van der Waals surface area (Å²) in [4.78, 5) is 3.38. The Morgan fingerprint density at radius 2 is 0.778 bits per heavy atom. The minimum Gasteiger partial charge on any atom is -0.355 e. The molecule has 5 rings (SSSR count). The standard InChI is InChI=1S/C12H10N2.C12H9N/c1-3-7-11(8-4-1)13-14-12-9-5-2-6-10-12;1-3-7-11-9(5-1)10-6-2-4-8-12(10)13-11/h1-10H;1-8,13H. The van der Waals surface area contributed by atoms with E-state index in [1.807, 2.05) is 60.7 Å². The van der Waals surface area contributed by atoms with Crippen molar-refractivity contribution in [2.75, 3.05) is 0 Å². The van der Waals surface area contributed by atoms with Crippen LogP contribution in [0.3, 0.4) is 0 Å². The van der Waals surface area contributed by atoms with E-state index in [1.54, 1.807) is 0 Å². The fourth-order valence-corrected chi connectivity index (χ4v) is 2.90. The van der Waals surface area contributed by atoms with Crippen molar-refractivity contribution in [3.8, 4) is 0 Å². The largest absolute Gasteiger partial charge is 0.355 e. The number of fused-ring (bicyclic) bond motifs is 3. The maximum absolute atomic E-state index is 4.10. The van der Waals surface area contributed by atoms with Crippen LogP contribution in [0.25, 0.3) is 21.8 Å². The molecule has 0 unspecified atom stereocenters. The predicted molar refractivity (Wildman–Crippen MR) is 113 cm³/mol. The molecule has 3 nitrogen and oxygen atoms in total. The first kappa shape index (κ1) is 16.7. The Morgan fingerprint density at radius 1 is 0.407 bits per heavy atom. The van der Waals surface area contributed by atoms with Gasteiger partial charge in [-0.25, -0.2) is 0 Å². The van der Waals surface area contributed by atoms with Crippen LogP contribution in [0, 0.1) is 0 Å². The van der Waals surface area contributed by atoms with Gasteiger partial charge in [-0.15, -0.1) is 0 Å². The van der Waals surface area contributed by atoms with Gasteiger partial charge in [-0.2, -0.15) is 10.2 Å². The molecule has 0 amide bonds. The molecule has 1 heterocycles. The molecule has 0 radical (unpaired) electrons. The van der Waals surface area contributed by atoms with E-state index < -0.39 is 0 Å². The molecule has 0 atom stereocenters. The average molecular weight is 349 g/mol. The third-order valence-electron chi connectivity index (χ3n) is 4.21. The fraction of sp³-hybridized carbons (Fsp3) is 0. The van der Waals surface area contributed by atoms with Crippen LogP contribution in [0.2, 0.25) is 0 Å². The number of hydrogen-bond donors (Lipinski definition) is 1. The zero-order valence-corrected chi connectivity index (χ0v) is 14.8. The van der Waals surface area contributed by atoms with Crippen LogP contribution in [-0.4, -0.2) is 4.98 Å². The molecule has 0 aliphatic carbocycles. The van der Waals surface area contributed by atoms with Gasteiger partial charge in [0.05, 0.1) is 11.4 Å². The Balaban J connectivity index is 0.000000134. The number of H-pyrrole nitrogens is 1.